The second kappa shape index (κ2) is 4.47. The topological polar surface area (TPSA) is 55.8 Å². The highest BCUT2D eigenvalue weighted by Gasteiger charge is 2.05. The molecular formula is C9H10O4. The molecule has 0 bridgehead atoms. The molecule has 1 aromatic rings. The molecule has 4 nitrogen and oxygen atoms in total. The molecule has 1 rings (SSSR count). The largest absolute Gasteiger partial charge is 0.508 e. The predicted molar refractivity (Wildman–Crippen MR) is 45.4 cm³/mol. The van der Waals surface area contributed by atoms with E-state index in [9.17, 15) is 4.79 Å². The van der Waals surface area contributed by atoms with E-state index in [1.54, 1.807) is 0 Å². The van der Waals surface area contributed by atoms with Crippen LogP contribution in [0.2, 0.25) is 0 Å². The minimum Gasteiger partial charge on any atom is -0.508 e. The van der Waals surface area contributed by atoms with Crippen molar-refractivity contribution in [1.82, 2.24) is 0 Å². The van der Waals surface area contributed by atoms with Crippen LogP contribution in [0, 0.1) is 0 Å². The van der Waals surface area contributed by atoms with Crippen LogP contribution >= 0.6 is 0 Å². The van der Waals surface area contributed by atoms with Crippen LogP contribution in [0.15, 0.2) is 24.3 Å². The number of esters is 1. The normalized spacial score (nSPS) is 9.62. The van der Waals surface area contributed by atoms with Gasteiger partial charge in [-0.2, -0.15) is 0 Å². The Hall–Kier alpha value is -1.55. The van der Waals surface area contributed by atoms with Crippen molar-refractivity contribution in [1.29, 1.82) is 0 Å². The highest BCUT2D eigenvalue weighted by Crippen LogP contribution is 2.10. The van der Waals surface area contributed by atoms with Crippen molar-refractivity contribution < 1.29 is 19.4 Å². The monoisotopic (exact) mass is 182 g/mol. The number of rotatable bonds is 3. The van der Waals surface area contributed by atoms with Gasteiger partial charge in [-0.3, -0.25) is 0 Å². The molecule has 0 aliphatic rings. The standard InChI is InChI=1S/C9H10O4/c1-12-6-13-9(11)7-2-4-8(10)5-3-7/h2-5,10H,6H2,1H3. The van der Waals surface area contributed by atoms with E-state index in [4.69, 9.17) is 5.11 Å². The number of carbonyl (C=O) groups is 1. The van der Waals surface area contributed by atoms with Crippen LogP contribution in [0.3, 0.4) is 0 Å². The molecule has 0 fully saturated rings. The highest BCUT2D eigenvalue weighted by molar-refractivity contribution is 5.89. The number of carbonyl (C=O) groups excluding carboxylic acids is 1. The molecule has 0 aromatic heterocycles. The molecule has 13 heavy (non-hydrogen) atoms. The van der Waals surface area contributed by atoms with Gasteiger partial charge in [-0.05, 0) is 24.3 Å². The van der Waals surface area contributed by atoms with Gasteiger partial charge >= 0.3 is 5.97 Å². The predicted octanol–water partition coefficient (Wildman–Crippen LogP) is 1.15. The molecule has 0 unspecified atom stereocenters. The number of methoxy groups -OCH3 is 1. The molecule has 1 N–H and O–H groups in total. The molecular weight excluding hydrogens is 172 g/mol. The van der Waals surface area contributed by atoms with Crippen LogP contribution in [0.5, 0.6) is 5.75 Å². The van der Waals surface area contributed by atoms with Gasteiger partial charge in [0.2, 0.25) is 0 Å². The minimum atomic E-state index is -0.471. The molecule has 0 spiro atoms. The highest BCUT2D eigenvalue weighted by atomic mass is 16.7. The Morgan fingerprint density at radius 3 is 2.54 bits per heavy atom. The van der Waals surface area contributed by atoms with E-state index in [-0.39, 0.29) is 12.5 Å². The van der Waals surface area contributed by atoms with Gasteiger partial charge in [0.15, 0.2) is 6.79 Å². The Morgan fingerprint density at radius 2 is 2.00 bits per heavy atom. The molecule has 0 aliphatic heterocycles. The molecule has 0 atom stereocenters. The van der Waals surface area contributed by atoms with Crippen molar-refractivity contribution in [3.05, 3.63) is 29.8 Å². The van der Waals surface area contributed by atoms with Gasteiger partial charge in [-0.25, -0.2) is 4.79 Å². The summed E-state index contributed by atoms with van der Waals surface area (Å²) in [5.74, 6) is -0.356. The zero-order chi connectivity index (χ0) is 9.68. The number of benzene rings is 1. The average Bonchev–Trinajstić information content (AvgIpc) is 2.15. The first kappa shape index (κ1) is 9.54. The van der Waals surface area contributed by atoms with Gasteiger partial charge in [-0.15, -0.1) is 0 Å². The Morgan fingerprint density at radius 1 is 1.38 bits per heavy atom. The van der Waals surface area contributed by atoms with E-state index >= 15 is 0 Å². The second-order valence-electron chi connectivity index (χ2n) is 2.39. The van der Waals surface area contributed by atoms with Gasteiger partial charge in [0.1, 0.15) is 5.75 Å². The second-order valence-corrected chi connectivity index (χ2v) is 2.39. The third-order valence-corrected chi connectivity index (χ3v) is 1.41. The fourth-order valence-electron chi connectivity index (χ4n) is 0.793. The molecule has 0 radical (unpaired) electrons. The fraction of sp³-hybridized carbons (Fsp3) is 0.222. The van der Waals surface area contributed by atoms with E-state index in [2.05, 4.69) is 9.47 Å². The SMILES string of the molecule is COCOC(=O)c1ccc(O)cc1. The van der Waals surface area contributed by atoms with Crippen LogP contribution in [-0.2, 0) is 9.47 Å². The summed E-state index contributed by atoms with van der Waals surface area (Å²) in [5, 5.41) is 8.94. The third kappa shape index (κ3) is 2.76. The summed E-state index contributed by atoms with van der Waals surface area (Å²) in [6, 6.07) is 5.80. The number of ether oxygens (including phenoxy) is 2. The Kier molecular flexibility index (Phi) is 3.28. The molecule has 1 aromatic carbocycles. The lowest BCUT2D eigenvalue weighted by molar-refractivity contribution is -0.0125. The number of phenols is 1. The van der Waals surface area contributed by atoms with Crippen LogP contribution in [-0.4, -0.2) is 25.0 Å². The Bertz CT molecular complexity index is 278. The number of phenolic OH excluding ortho intramolecular Hbond substituents is 1. The zero-order valence-electron chi connectivity index (χ0n) is 7.19. The molecule has 0 amide bonds. The van der Waals surface area contributed by atoms with E-state index in [0.29, 0.717) is 5.56 Å². The molecule has 70 valence electrons. The van der Waals surface area contributed by atoms with E-state index in [1.165, 1.54) is 31.4 Å². The number of hydrogen-bond acceptors (Lipinski definition) is 4. The van der Waals surface area contributed by atoms with Crippen molar-refractivity contribution in [3.8, 4) is 5.75 Å². The summed E-state index contributed by atoms with van der Waals surface area (Å²) in [6.07, 6.45) is 0. The zero-order valence-corrected chi connectivity index (χ0v) is 7.19. The first-order valence-corrected chi connectivity index (χ1v) is 3.69. The maximum atomic E-state index is 11.1. The first-order chi connectivity index (χ1) is 6.24. The van der Waals surface area contributed by atoms with Gasteiger partial charge < -0.3 is 14.6 Å². The molecule has 0 aliphatic carbocycles. The summed E-state index contributed by atoms with van der Waals surface area (Å²) in [7, 11) is 1.43. The Labute approximate surface area is 75.7 Å². The maximum Gasteiger partial charge on any atom is 0.340 e. The summed E-state index contributed by atoms with van der Waals surface area (Å²) in [4.78, 5) is 11.1. The Balaban J connectivity index is 2.61. The lowest BCUT2D eigenvalue weighted by Gasteiger charge is -2.02. The first-order valence-electron chi connectivity index (χ1n) is 3.69. The van der Waals surface area contributed by atoms with Crippen LogP contribution in [0.25, 0.3) is 0 Å². The molecule has 0 saturated carbocycles. The minimum absolute atomic E-state index is 0.0697. The quantitative estimate of drug-likeness (QED) is 0.562. The van der Waals surface area contributed by atoms with Crippen molar-refractivity contribution in [3.63, 3.8) is 0 Å². The lowest BCUT2D eigenvalue weighted by Crippen LogP contribution is -2.06. The average molecular weight is 182 g/mol. The van der Waals surface area contributed by atoms with Crippen LogP contribution < -0.4 is 0 Å². The van der Waals surface area contributed by atoms with Gasteiger partial charge in [0.05, 0.1) is 5.56 Å². The van der Waals surface area contributed by atoms with Crippen molar-refractivity contribution in [2.75, 3.05) is 13.9 Å². The lowest BCUT2D eigenvalue weighted by atomic mass is 10.2. The van der Waals surface area contributed by atoms with E-state index in [1.807, 2.05) is 0 Å². The molecule has 0 saturated heterocycles. The van der Waals surface area contributed by atoms with Crippen LogP contribution in [0.4, 0.5) is 0 Å². The summed E-state index contributed by atoms with van der Waals surface area (Å²) in [6.45, 7) is -0.0697. The smallest absolute Gasteiger partial charge is 0.340 e. The molecule has 0 heterocycles. The maximum absolute atomic E-state index is 11.1. The van der Waals surface area contributed by atoms with Gasteiger partial charge in [-0.1, -0.05) is 0 Å². The van der Waals surface area contributed by atoms with Crippen molar-refractivity contribution >= 4 is 5.97 Å². The summed E-state index contributed by atoms with van der Waals surface area (Å²) in [5.41, 5.74) is 0.384. The van der Waals surface area contributed by atoms with E-state index < -0.39 is 5.97 Å². The van der Waals surface area contributed by atoms with Crippen molar-refractivity contribution in [2.45, 2.75) is 0 Å². The van der Waals surface area contributed by atoms with Crippen molar-refractivity contribution in [2.24, 2.45) is 0 Å². The number of hydrogen-bond donors (Lipinski definition) is 1. The fourth-order valence-corrected chi connectivity index (χ4v) is 0.793. The van der Waals surface area contributed by atoms with Gasteiger partial charge in [0, 0.05) is 7.11 Å². The molecule has 4 heteroatoms. The summed E-state index contributed by atoms with van der Waals surface area (Å²) < 4.78 is 9.24. The van der Waals surface area contributed by atoms with Gasteiger partial charge in [0.25, 0.3) is 0 Å². The van der Waals surface area contributed by atoms with E-state index in [0.717, 1.165) is 0 Å². The number of aromatic hydroxyl groups is 1. The summed E-state index contributed by atoms with van der Waals surface area (Å²) >= 11 is 0. The third-order valence-electron chi connectivity index (χ3n) is 1.41. The van der Waals surface area contributed by atoms with Crippen LogP contribution in [0.1, 0.15) is 10.4 Å².